The molecule has 0 heterocycles. The summed E-state index contributed by atoms with van der Waals surface area (Å²) < 4.78 is 49.1. The van der Waals surface area contributed by atoms with E-state index in [1.54, 1.807) is 15.9 Å². The molecule has 10 nitrogen and oxygen atoms in total. The van der Waals surface area contributed by atoms with E-state index < -0.39 is 53.3 Å². The van der Waals surface area contributed by atoms with E-state index in [0.717, 1.165) is 44.4 Å². The van der Waals surface area contributed by atoms with Gasteiger partial charge in [-0.3, -0.25) is 0 Å². The first-order valence-electron chi connectivity index (χ1n) is 20.4. The molecule has 306 valence electrons. The fourth-order valence-electron chi connectivity index (χ4n) is 7.21. The van der Waals surface area contributed by atoms with E-state index in [1.165, 1.54) is 11.6 Å². The standard InChI is InChI=1S/C36H80N2O8Si6/c1-15-41-51(42-16-2,43-17-3)29-21-26-37-36(38-27-22-30-52(44-18-4,45-19-5)46-20-6)47-28-25-33-32(31(7)50(14,39-8)40-9)23-24-34(48(10)11)35(33)49(12)13/h23-24,31,36-38,48-49H,15-22,25-30,47H2,1-14H3. The average molecular weight is 838 g/mol. The summed E-state index contributed by atoms with van der Waals surface area (Å²) in [6, 6.07) is 7.73. The van der Waals surface area contributed by atoms with E-state index in [9.17, 15) is 0 Å². The highest BCUT2D eigenvalue weighted by Gasteiger charge is 2.41. The molecule has 0 saturated heterocycles. The van der Waals surface area contributed by atoms with Gasteiger partial charge in [-0.15, -0.1) is 0 Å². The Morgan fingerprint density at radius 2 is 1.10 bits per heavy atom. The molecule has 1 rings (SSSR count). The Labute approximate surface area is 328 Å². The van der Waals surface area contributed by atoms with Gasteiger partial charge in [0.1, 0.15) is 0 Å². The quantitative estimate of drug-likeness (QED) is 0.0612. The smallest absolute Gasteiger partial charge is 0.397 e. The SMILES string of the molecule is CCO[Si](CCCNC(NCCC[Si](OCC)(OCC)OCC)[SiH2]CCc1c(C(C)[Si](C)(OC)OC)ccc([SiH](C)C)c1[SiH](C)C)(OCC)OCC. The van der Waals surface area contributed by atoms with Crippen molar-refractivity contribution in [3.8, 4) is 0 Å². The monoisotopic (exact) mass is 836 g/mol. The first-order valence-corrected chi connectivity index (χ1v) is 34.2. The number of hydrogen-bond acceptors (Lipinski definition) is 10. The van der Waals surface area contributed by atoms with Crippen LogP contribution in [0, 0.1) is 0 Å². The molecule has 0 amide bonds. The molecule has 0 radical (unpaired) electrons. The Morgan fingerprint density at radius 1 is 0.673 bits per heavy atom. The lowest BCUT2D eigenvalue weighted by molar-refractivity contribution is 0.0701. The summed E-state index contributed by atoms with van der Waals surface area (Å²) in [5.74, 6) is 0.297. The van der Waals surface area contributed by atoms with Crippen molar-refractivity contribution < 1.29 is 35.4 Å². The molecule has 0 aliphatic carbocycles. The maximum absolute atomic E-state index is 6.15. The molecule has 2 N–H and O–H groups in total. The van der Waals surface area contributed by atoms with E-state index in [0.29, 0.717) is 45.4 Å². The lowest BCUT2D eigenvalue weighted by Crippen LogP contribution is -2.50. The minimum absolute atomic E-state index is 0.247. The molecule has 1 unspecified atom stereocenters. The molecule has 0 aromatic heterocycles. The molecule has 0 fully saturated rings. The van der Waals surface area contributed by atoms with Crippen LogP contribution in [0.5, 0.6) is 0 Å². The molecule has 0 spiro atoms. The van der Waals surface area contributed by atoms with E-state index in [1.807, 2.05) is 55.8 Å². The topological polar surface area (TPSA) is 97.9 Å². The lowest BCUT2D eigenvalue weighted by atomic mass is 10.0. The van der Waals surface area contributed by atoms with Crippen molar-refractivity contribution >= 4 is 63.7 Å². The summed E-state index contributed by atoms with van der Waals surface area (Å²) in [7, 11) is -6.77. The zero-order chi connectivity index (χ0) is 39.2. The molecular formula is C36H80N2O8Si6. The average Bonchev–Trinajstić information content (AvgIpc) is 3.11. The van der Waals surface area contributed by atoms with Crippen LogP contribution in [-0.2, 0) is 41.8 Å². The summed E-state index contributed by atoms with van der Waals surface area (Å²) in [4.78, 5) is 0. The zero-order valence-corrected chi connectivity index (χ0v) is 42.6. The van der Waals surface area contributed by atoms with Gasteiger partial charge in [-0.05, 0) is 91.6 Å². The summed E-state index contributed by atoms with van der Waals surface area (Å²) >= 11 is 0. The second-order valence-electron chi connectivity index (χ2n) is 14.1. The first-order chi connectivity index (χ1) is 24.8. The van der Waals surface area contributed by atoms with Crippen LogP contribution in [0.15, 0.2) is 12.1 Å². The van der Waals surface area contributed by atoms with Crippen molar-refractivity contribution in [3.63, 3.8) is 0 Å². The number of rotatable bonds is 32. The molecule has 0 aliphatic rings. The van der Waals surface area contributed by atoms with Gasteiger partial charge in [0.2, 0.25) is 0 Å². The predicted octanol–water partition coefficient (Wildman–Crippen LogP) is 4.55. The zero-order valence-electron chi connectivity index (χ0n) is 35.8. The van der Waals surface area contributed by atoms with E-state index in [2.05, 4.69) is 62.4 Å². The van der Waals surface area contributed by atoms with Crippen LogP contribution >= 0.6 is 0 Å². The van der Waals surface area contributed by atoms with Crippen LogP contribution in [0.3, 0.4) is 0 Å². The normalized spacial score (nSPS) is 13.9. The van der Waals surface area contributed by atoms with Gasteiger partial charge < -0.3 is 46.0 Å². The Balaban J connectivity index is 3.30. The van der Waals surface area contributed by atoms with Crippen molar-refractivity contribution in [2.45, 2.75) is 130 Å². The molecule has 1 atom stereocenters. The molecule has 0 saturated carbocycles. The highest BCUT2D eigenvalue weighted by molar-refractivity contribution is 6.82. The van der Waals surface area contributed by atoms with Crippen molar-refractivity contribution in [3.05, 3.63) is 23.3 Å². The molecule has 52 heavy (non-hydrogen) atoms. The Bertz CT molecular complexity index is 1020. The van der Waals surface area contributed by atoms with Gasteiger partial charge in [0.15, 0.2) is 0 Å². The van der Waals surface area contributed by atoms with Crippen LogP contribution in [0.1, 0.15) is 78.0 Å². The predicted molar refractivity (Wildman–Crippen MR) is 234 cm³/mol. The van der Waals surface area contributed by atoms with Gasteiger partial charge >= 0.3 is 26.2 Å². The van der Waals surface area contributed by atoms with Gasteiger partial charge in [0.25, 0.3) is 0 Å². The molecule has 1 aromatic rings. The Kier molecular flexibility index (Phi) is 25.9. The largest absolute Gasteiger partial charge is 0.500 e. The third-order valence-electron chi connectivity index (χ3n) is 9.90. The third kappa shape index (κ3) is 15.9. The van der Waals surface area contributed by atoms with Crippen LogP contribution in [0.4, 0.5) is 0 Å². The molecule has 0 aliphatic heterocycles. The van der Waals surface area contributed by atoms with Crippen molar-refractivity contribution in [2.75, 3.05) is 67.0 Å². The molecule has 1 aromatic carbocycles. The minimum atomic E-state index is -2.68. The summed E-state index contributed by atoms with van der Waals surface area (Å²) in [6.45, 7) is 32.0. The molecular weight excluding hydrogens is 757 g/mol. The lowest BCUT2D eigenvalue weighted by Gasteiger charge is -2.33. The van der Waals surface area contributed by atoms with Gasteiger partial charge in [-0.2, -0.15) is 0 Å². The van der Waals surface area contributed by atoms with Crippen LogP contribution in [-0.4, -0.2) is 126 Å². The van der Waals surface area contributed by atoms with Crippen LogP contribution < -0.4 is 21.0 Å². The fraction of sp³-hybridized carbons (Fsp3) is 0.833. The second-order valence-corrected chi connectivity index (χ2v) is 31.2. The van der Waals surface area contributed by atoms with Gasteiger partial charge in [-0.1, -0.05) is 61.7 Å². The minimum Gasteiger partial charge on any atom is -0.397 e. The Hall–Kier alpha value is 0.121. The molecule has 16 heteroatoms. The fourth-order valence-corrected chi connectivity index (χ4v) is 21.0. The second kappa shape index (κ2) is 26.9. The highest BCUT2D eigenvalue weighted by atomic mass is 28.4. The van der Waals surface area contributed by atoms with E-state index in [4.69, 9.17) is 35.4 Å². The Morgan fingerprint density at radius 3 is 1.44 bits per heavy atom. The summed E-state index contributed by atoms with van der Waals surface area (Å²) in [5, 5.41) is 11.2. The summed E-state index contributed by atoms with van der Waals surface area (Å²) in [5.41, 5.74) is 3.30. The van der Waals surface area contributed by atoms with E-state index >= 15 is 0 Å². The van der Waals surface area contributed by atoms with Crippen LogP contribution in [0.2, 0.25) is 50.9 Å². The molecule has 0 bridgehead atoms. The van der Waals surface area contributed by atoms with E-state index in [-0.39, 0.29) is 5.54 Å². The van der Waals surface area contributed by atoms with Crippen molar-refractivity contribution in [1.82, 2.24) is 10.6 Å². The number of benzene rings is 1. The van der Waals surface area contributed by atoms with Gasteiger partial charge in [0.05, 0.1) is 27.1 Å². The van der Waals surface area contributed by atoms with Gasteiger partial charge in [0, 0.05) is 77.3 Å². The van der Waals surface area contributed by atoms with Crippen molar-refractivity contribution in [1.29, 1.82) is 0 Å². The third-order valence-corrected chi connectivity index (χ3v) is 25.5. The van der Waals surface area contributed by atoms with Crippen LogP contribution in [0.25, 0.3) is 0 Å². The number of nitrogens with one attached hydrogen (secondary N) is 2. The summed E-state index contributed by atoms with van der Waals surface area (Å²) in [6.07, 6.45) is 3.00. The maximum Gasteiger partial charge on any atom is 0.500 e. The maximum atomic E-state index is 6.15. The van der Waals surface area contributed by atoms with Crippen molar-refractivity contribution in [2.24, 2.45) is 0 Å². The number of hydrogen-bond donors (Lipinski definition) is 2. The van der Waals surface area contributed by atoms with Gasteiger partial charge in [-0.25, -0.2) is 0 Å². The first kappa shape index (κ1) is 50.1. The highest BCUT2D eigenvalue weighted by Crippen LogP contribution is 2.30.